The molecule has 1 aromatic rings. The number of benzene rings is 1. The zero-order chi connectivity index (χ0) is 17.2. The minimum atomic E-state index is -0.208. The first-order chi connectivity index (χ1) is 11.7. The fourth-order valence-corrected chi connectivity index (χ4v) is 2.49. The van der Waals surface area contributed by atoms with Crippen molar-refractivity contribution in [3.8, 4) is 5.75 Å². The lowest BCUT2D eigenvalue weighted by atomic mass is 9.94. The van der Waals surface area contributed by atoms with Gasteiger partial charge in [0.1, 0.15) is 5.75 Å². The average molecular weight is 331 g/mol. The molecule has 1 aliphatic rings. The van der Waals surface area contributed by atoms with E-state index in [4.69, 9.17) is 4.74 Å². The Morgan fingerprint density at radius 2 is 1.96 bits per heavy atom. The summed E-state index contributed by atoms with van der Waals surface area (Å²) in [5, 5.41) is 8.35. The van der Waals surface area contributed by atoms with E-state index in [1.54, 1.807) is 24.3 Å². The Kier molecular flexibility index (Phi) is 7.14. The van der Waals surface area contributed by atoms with Crippen LogP contribution in [-0.4, -0.2) is 31.6 Å². The van der Waals surface area contributed by atoms with E-state index >= 15 is 0 Å². The van der Waals surface area contributed by atoms with Gasteiger partial charge in [-0.1, -0.05) is 12.2 Å². The average Bonchev–Trinajstić information content (AvgIpc) is 2.60. The molecule has 3 N–H and O–H groups in total. The summed E-state index contributed by atoms with van der Waals surface area (Å²) in [6, 6.07) is 6.73. The highest BCUT2D eigenvalue weighted by molar-refractivity contribution is 5.89. The van der Waals surface area contributed by atoms with Crippen molar-refractivity contribution in [2.75, 3.05) is 25.0 Å². The smallest absolute Gasteiger partial charge is 0.319 e. The molecule has 0 bridgehead atoms. The number of ether oxygens (including phenoxy) is 1. The zero-order valence-electron chi connectivity index (χ0n) is 14.0. The maximum Gasteiger partial charge on any atom is 0.319 e. The Morgan fingerprint density at radius 3 is 2.62 bits per heavy atom. The van der Waals surface area contributed by atoms with E-state index in [0.717, 1.165) is 19.3 Å². The molecule has 1 aromatic carbocycles. The molecule has 0 saturated heterocycles. The third-order valence-corrected chi connectivity index (χ3v) is 3.79. The van der Waals surface area contributed by atoms with Crippen molar-refractivity contribution in [3.05, 3.63) is 36.4 Å². The Balaban J connectivity index is 1.71. The summed E-state index contributed by atoms with van der Waals surface area (Å²) >= 11 is 0. The van der Waals surface area contributed by atoms with Crippen LogP contribution in [-0.2, 0) is 4.79 Å². The Bertz CT molecular complexity index is 569. The van der Waals surface area contributed by atoms with Crippen molar-refractivity contribution in [2.24, 2.45) is 5.92 Å². The Labute approximate surface area is 142 Å². The second-order valence-corrected chi connectivity index (χ2v) is 5.75. The predicted octanol–water partition coefficient (Wildman–Crippen LogP) is 2.68. The summed E-state index contributed by atoms with van der Waals surface area (Å²) in [5.74, 6) is 0.948. The number of rotatable bonds is 7. The number of carbonyl (C=O) groups excluding carboxylic acids is 2. The monoisotopic (exact) mass is 331 g/mol. The van der Waals surface area contributed by atoms with Crippen LogP contribution < -0.4 is 20.7 Å². The van der Waals surface area contributed by atoms with E-state index in [1.807, 2.05) is 6.92 Å². The number of nitrogens with one attached hydrogen (secondary N) is 3. The first kappa shape index (κ1) is 17.8. The van der Waals surface area contributed by atoms with Crippen molar-refractivity contribution >= 4 is 17.6 Å². The van der Waals surface area contributed by atoms with E-state index in [1.165, 1.54) is 0 Å². The van der Waals surface area contributed by atoms with E-state index in [2.05, 4.69) is 28.1 Å². The zero-order valence-corrected chi connectivity index (χ0v) is 14.0. The second kappa shape index (κ2) is 9.60. The quantitative estimate of drug-likeness (QED) is 0.672. The highest BCUT2D eigenvalue weighted by Gasteiger charge is 2.11. The lowest BCUT2D eigenvalue weighted by Crippen LogP contribution is -2.33. The number of carbonyl (C=O) groups is 2. The SMILES string of the molecule is CCNC(=O)COc1ccc(NC(=O)NCC2CC=CCC2)cc1. The Hall–Kier alpha value is -2.50. The number of hydrogen-bond acceptors (Lipinski definition) is 3. The van der Waals surface area contributed by atoms with Crippen molar-refractivity contribution in [2.45, 2.75) is 26.2 Å². The first-order valence-corrected chi connectivity index (χ1v) is 8.36. The van der Waals surface area contributed by atoms with Gasteiger partial charge in [-0.2, -0.15) is 0 Å². The molecule has 1 aliphatic carbocycles. The van der Waals surface area contributed by atoms with Gasteiger partial charge in [-0.3, -0.25) is 4.79 Å². The predicted molar refractivity (Wildman–Crippen MR) is 94.1 cm³/mol. The van der Waals surface area contributed by atoms with Gasteiger partial charge in [0.15, 0.2) is 6.61 Å². The standard InChI is InChI=1S/C18H25N3O3/c1-2-19-17(22)13-24-16-10-8-15(9-11-16)21-18(23)20-12-14-6-4-3-5-7-14/h3-4,8-11,14H,2,5-7,12-13H2,1H3,(H,19,22)(H2,20,21,23). The third kappa shape index (κ3) is 6.32. The van der Waals surface area contributed by atoms with Crippen LogP contribution >= 0.6 is 0 Å². The maximum atomic E-state index is 11.9. The molecule has 0 aliphatic heterocycles. The molecule has 1 atom stereocenters. The molecule has 24 heavy (non-hydrogen) atoms. The minimum Gasteiger partial charge on any atom is -0.484 e. The van der Waals surface area contributed by atoms with Gasteiger partial charge in [-0.15, -0.1) is 0 Å². The van der Waals surface area contributed by atoms with Gasteiger partial charge in [0, 0.05) is 18.8 Å². The normalized spacial score (nSPS) is 16.3. The van der Waals surface area contributed by atoms with Gasteiger partial charge >= 0.3 is 6.03 Å². The molecule has 130 valence electrons. The molecule has 6 nitrogen and oxygen atoms in total. The molecule has 0 radical (unpaired) electrons. The van der Waals surface area contributed by atoms with Crippen LogP contribution in [0.3, 0.4) is 0 Å². The number of likely N-dealkylation sites (N-methyl/N-ethyl adjacent to an activating group) is 1. The molecule has 0 saturated carbocycles. The van der Waals surface area contributed by atoms with Gasteiger partial charge in [-0.25, -0.2) is 4.79 Å². The number of urea groups is 1. The summed E-state index contributed by atoms with van der Waals surface area (Å²) in [7, 11) is 0. The fraction of sp³-hybridized carbons (Fsp3) is 0.444. The van der Waals surface area contributed by atoms with Gasteiger partial charge in [-0.05, 0) is 56.4 Å². The summed E-state index contributed by atoms with van der Waals surface area (Å²) in [4.78, 5) is 23.2. The molecular weight excluding hydrogens is 306 g/mol. The fourth-order valence-electron chi connectivity index (χ4n) is 2.49. The van der Waals surface area contributed by atoms with Gasteiger partial charge in [0.2, 0.25) is 0 Å². The van der Waals surface area contributed by atoms with Crippen LogP contribution in [0.15, 0.2) is 36.4 Å². The van der Waals surface area contributed by atoms with Crippen LogP contribution in [0.5, 0.6) is 5.75 Å². The third-order valence-electron chi connectivity index (χ3n) is 3.79. The maximum absolute atomic E-state index is 11.9. The summed E-state index contributed by atoms with van der Waals surface area (Å²) in [6.45, 7) is 3.10. The lowest BCUT2D eigenvalue weighted by Gasteiger charge is -2.18. The molecule has 0 heterocycles. The minimum absolute atomic E-state index is 0.0169. The molecule has 3 amide bonds. The molecule has 0 spiro atoms. The van der Waals surface area contributed by atoms with Crippen molar-refractivity contribution in [3.63, 3.8) is 0 Å². The molecule has 1 unspecified atom stereocenters. The van der Waals surface area contributed by atoms with Gasteiger partial charge < -0.3 is 20.7 Å². The first-order valence-electron chi connectivity index (χ1n) is 8.36. The van der Waals surface area contributed by atoms with Crippen molar-refractivity contribution in [1.29, 1.82) is 0 Å². The van der Waals surface area contributed by atoms with E-state index in [9.17, 15) is 9.59 Å². The topological polar surface area (TPSA) is 79.5 Å². The summed E-state index contributed by atoms with van der Waals surface area (Å²) < 4.78 is 5.36. The lowest BCUT2D eigenvalue weighted by molar-refractivity contribution is -0.122. The number of amides is 3. The molecule has 2 rings (SSSR count). The van der Waals surface area contributed by atoms with E-state index < -0.39 is 0 Å². The van der Waals surface area contributed by atoms with Crippen molar-refractivity contribution in [1.82, 2.24) is 10.6 Å². The highest BCUT2D eigenvalue weighted by atomic mass is 16.5. The highest BCUT2D eigenvalue weighted by Crippen LogP contribution is 2.17. The van der Waals surface area contributed by atoms with E-state index in [-0.39, 0.29) is 18.5 Å². The molecule has 0 fully saturated rings. The summed E-state index contributed by atoms with van der Waals surface area (Å²) in [5.41, 5.74) is 0.682. The van der Waals surface area contributed by atoms with Gasteiger partial charge in [0.05, 0.1) is 0 Å². The summed E-state index contributed by atoms with van der Waals surface area (Å²) in [6.07, 6.45) is 7.59. The van der Waals surface area contributed by atoms with Crippen LogP contribution in [0.4, 0.5) is 10.5 Å². The van der Waals surface area contributed by atoms with Crippen LogP contribution in [0.25, 0.3) is 0 Å². The number of hydrogen-bond donors (Lipinski definition) is 3. The number of anilines is 1. The molecular formula is C18H25N3O3. The largest absolute Gasteiger partial charge is 0.484 e. The van der Waals surface area contributed by atoms with Crippen LogP contribution in [0.1, 0.15) is 26.2 Å². The van der Waals surface area contributed by atoms with Crippen LogP contribution in [0, 0.1) is 5.92 Å². The van der Waals surface area contributed by atoms with Crippen LogP contribution in [0.2, 0.25) is 0 Å². The number of allylic oxidation sites excluding steroid dienone is 2. The second-order valence-electron chi connectivity index (χ2n) is 5.75. The molecule has 6 heteroatoms. The van der Waals surface area contributed by atoms with Gasteiger partial charge in [0.25, 0.3) is 5.91 Å². The van der Waals surface area contributed by atoms with E-state index in [0.29, 0.717) is 30.4 Å². The van der Waals surface area contributed by atoms with Crippen molar-refractivity contribution < 1.29 is 14.3 Å². The molecule has 0 aromatic heterocycles. The Morgan fingerprint density at radius 1 is 1.17 bits per heavy atom.